The van der Waals surface area contributed by atoms with Gasteiger partial charge in [0.05, 0.1) is 6.61 Å². The van der Waals surface area contributed by atoms with Crippen molar-refractivity contribution >= 4 is 5.97 Å². The molecule has 0 bridgehead atoms. The third kappa shape index (κ3) is 10.5. The summed E-state index contributed by atoms with van der Waals surface area (Å²) in [6, 6.07) is 18.9. The van der Waals surface area contributed by atoms with E-state index in [4.69, 9.17) is 14.6 Å². The van der Waals surface area contributed by atoms with Crippen LogP contribution in [-0.2, 0) is 4.79 Å². The van der Waals surface area contributed by atoms with Crippen LogP contribution < -0.4 is 4.74 Å². The van der Waals surface area contributed by atoms with Gasteiger partial charge < -0.3 is 9.84 Å². The van der Waals surface area contributed by atoms with Gasteiger partial charge in [0.1, 0.15) is 5.75 Å². The summed E-state index contributed by atoms with van der Waals surface area (Å²) < 4.78 is 5.82. The van der Waals surface area contributed by atoms with Crippen molar-refractivity contribution in [1.82, 2.24) is 0 Å². The molecule has 0 unspecified atom stereocenters. The van der Waals surface area contributed by atoms with Crippen molar-refractivity contribution < 1.29 is 14.6 Å². The van der Waals surface area contributed by atoms with Gasteiger partial charge in [0, 0.05) is 6.92 Å². The third-order valence-corrected chi connectivity index (χ3v) is 3.98. The lowest BCUT2D eigenvalue weighted by Gasteiger charge is -2.07. The zero-order valence-corrected chi connectivity index (χ0v) is 16.1. The Labute approximate surface area is 158 Å². The van der Waals surface area contributed by atoms with Crippen LogP contribution in [0.3, 0.4) is 0 Å². The predicted octanol–water partition coefficient (Wildman–Crippen LogP) is 6.57. The molecule has 0 aliphatic carbocycles. The fraction of sp³-hybridized carbons (Fsp3) is 0.435. The molecule has 26 heavy (non-hydrogen) atoms. The smallest absolute Gasteiger partial charge is 0.300 e. The lowest BCUT2D eigenvalue weighted by Crippen LogP contribution is -1.97. The van der Waals surface area contributed by atoms with Gasteiger partial charge in [-0.3, -0.25) is 4.79 Å². The first-order valence-corrected chi connectivity index (χ1v) is 9.61. The highest BCUT2D eigenvalue weighted by molar-refractivity contribution is 5.64. The molecule has 2 rings (SSSR count). The first-order chi connectivity index (χ1) is 12.6. The van der Waals surface area contributed by atoms with Crippen LogP contribution >= 0.6 is 0 Å². The van der Waals surface area contributed by atoms with Gasteiger partial charge in [-0.05, 0) is 29.7 Å². The van der Waals surface area contributed by atoms with Crippen molar-refractivity contribution in [2.45, 2.75) is 58.8 Å². The molecule has 0 saturated heterocycles. The van der Waals surface area contributed by atoms with Gasteiger partial charge in [-0.25, -0.2) is 0 Å². The Balaban J connectivity index is 0.000000765. The molecule has 0 fully saturated rings. The topological polar surface area (TPSA) is 46.5 Å². The van der Waals surface area contributed by atoms with Gasteiger partial charge in [0.25, 0.3) is 5.97 Å². The molecular weight excluding hydrogens is 324 g/mol. The molecule has 3 nitrogen and oxygen atoms in total. The van der Waals surface area contributed by atoms with Crippen molar-refractivity contribution in [2.75, 3.05) is 6.61 Å². The average Bonchev–Trinajstić information content (AvgIpc) is 2.65. The SMILES string of the molecule is CC(=O)O.CCCCCCCCCOc1ccc(-c2ccccc2)cc1. The maximum atomic E-state index is 9.00. The molecule has 0 amide bonds. The lowest BCUT2D eigenvalue weighted by atomic mass is 10.1. The highest BCUT2D eigenvalue weighted by atomic mass is 16.5. The first kappa shape index (κ1) is 21.8. The fourth-order valence-corrected chi connectivity index (χ4v) is 2.62. The average molecular weight is 357 g/mol. The summed E-state index contributed by atoms with van der Waals surface area (Å²) in [7, 11) is 0. The summed E-state index contributed by atoms with van der Waals surface area (Å²) in [6.07, 6.45) is 9.25. The second-order valence-electron chi connectivity index (χ2n) is 6.38. The van der Waals surface area contributed by atoms with Crippen LogP contribution in [0.1, 0.15) is 58.8 Å². The summed E-state index contributed by atoms with van der Waals surface area (Å²) in [4.78, 5) is 9.00. The van der Waals surface area contributed by atoms with E-state index in [1.807, 2.05) is 6.07 Å². The van der Waals surface area contributed by atoms with Gasteiger partial charge in [0.2, 0.25) is 0 Å². The molecule has 0 radical (unpaired) electrons. The van der Waals surface area contributed by atoms with E-state index in [2.05, 4.69) is 55.5 Å². The van der Waals surface area contributed by atoms with E-state index in [1.165, 1.54) is 49.7 Å². The quantitative estimate of drug-likeness (QED) is 0.489. The summed E-state index contributed by atoms with van der Waals surface area (Å²) in [5.74, 6) is 0.144. The maximum Gasteiger partial charge on any atom is 0.300 e. The summed E-state index contributed by atoms with van der Waals surface area (Å²) in [5.41, 5.74) is 2.49. The van der Waals surface area contributed by atoms with Crippen molar-refractivity contribution in [3.8, 4) is 16.9 Å². The first-order valence-electron chi connectivity index (χ1n) is 9.61. The van der Waals surface area contributed by atoms with Crippen LogP contribution in [0.4, 0.5) is 0 Å². The molecule has 0 saturated carbocycles. The minimum Gasteiger partial charge on any atom is -0.494 e. The predicted molar refractivity (Wildman–Crippen MR) is 109 cm³/mol. The van der Waals surface area contributed by atoms with Crippen LogP contribution in [0.2, 0.25) is 0 Å². The Morgan fingerprint density at radius 1 is 0.808 bits per heavy atom. The number of hydrogen-bond donors (Lipinski definition) is 1. The molecule has 0 heterocycles. The summed E-state index contributed by atoms with van der Waals surface area (Å²) in [5, 5.41) is 7.42. The number of carboxylic acid groups (broad SMARTS) is 1. The maximum absolute atomic E-state index is 9.00. The van der Waals surface area contributed by atoms with E-state index in [9.17, 15) is 0 Å². The number of benzene rings is 2. The number of rotatable bonds is 10. The number of carboxylic acids is 1. The second-order valence-corrected chi connectivity index (χ2v) is 6.38. The second kappa shape index (κ2) is 13.9. The Morgan fingerprint density at radius 3 is 1.88 bits per heavy atom. The molecule has 0 atom stereocenters. The third-order valence-electron chi connectivity index (χ3n) is 3.98. The molecule has 0 aliphatic heterocycles. The minimum atomic E-state index is -0.833. The largest absolute Gasteiger partial charge is 0.494 e. The molecule has 1 N–H and O–H groups in total. The lowest BCUT2D eigenvalue weighted by molar-refractivity contribution is -0.134. The van der Waals surface area contributed by atoms with Crippen molar-refractivity contribution in [2.24, 2.45) is 0 Å². The van der Waals surface area contributed by atoms with Gasteiger partial charge in [0.15, 0.2) is 0 Å². The minimum absolute atomic E-state index is 0.832. The number of unbranched alkanes of at least 4 members (excludes halogenated alkanes) is 6. The number of aliphatic carboxylic acids is 1. The van der Waals surface area contributed by atoms with E-state index in [0.29, 0.717) is 0 Å². The van der Waals surface area contributed by atoms with Gasteiger partial charge >= 0.3 is 0 Å². The number of ether oxygens (including phenoxy) is 1. The molecule has 142 valence electrons. The molecule has 2 aromatic rings. The Hall–Kier alpha value is -2.29. The van der Waals surface area contributed by atoms with E-state index in [1.54, 1.807) is 0 Å². The number of carbonyl (C=O) groups is 1. The Bertz CT molecular complexity index is 587. The summed E-state index contributed by atoms with van der Waals surface area (Å²) in [6.45, 7) is 4.18. The standard InChI is InChI=1S/C21H28O.C2H4O2/c1-2-3-4-5-6-7-11-18-22-21-16-14-20(15-17-21)19-12-9-8-10-13-19;1-2(3)4/h8-10,12-17H,2-7,11,18H2,1H3;1H3,(H,3,4). The molecule has 0 spiro atoms. The van der Waals surface area contributed by atoms with E-state index in [-0.39, 0.29) is 0 Å². The monoisotopic (exact) mass is 356 g/mol. The highest BCUT2D eigenvalue weighted by Crippen LogP contribution is 2.22. The number of hydrogen-bond acceptors (Lipinski definition) is 2. The molecule has 0 aliphatic rings. The zero-order valence-electron chi connectivity index (χ0n) is 16.1. The zero-order chi connectivity index (χ0) is 19.0. The van der Waals surface area contributed by atoms with Crippen molar-refractivity contribution in [1.29, 1.82) is 0 Å². The highest BCUT2D eigenvalue weighted by Gasteiger charge is 1.98. The van der Waals surface area contributed by atoms with Crippen LogP contribution in [0.15, 0.2) is 54.6 Å². The van der Waals surface area contributed by atoms with Crippen LogP contribution in [0, 0.1) is 0 Å². The van der Waals surface area contributed by atoms with E-state index < -0.39 is 5.97 Å². The van der Waals surface area contributed by atoms with E-state index in [0.717, 1.165) is 25.7 Å². The molecule has 2 aromatic carbocycles. The van der Waals surface area contributed by atoms with Crippen LogP contribution in [-0.4, -0.2) is 17.7 Å². The van der Waals surface area contributed by atoms with Gasteiger partial charge in [-0.1, -0.05) is 87.9 Å². The normalized spacial score (nSPS) is 9.92. The Morgan fingerprint density at radius 2 is 1.31 bits per heavy atom. The van der Waals surface area contributed by atoms with Gasteiger partial charge in [-0.2, -0.15) is 0 Å². The summed E-state index contributed by atoms with van der Waals surface area (Å²) >= 11 is 0. The van der Waals surface area contributed by atoms with Gasteiger partial charge in [-0.15, -0.1) is 0 Å². The Kier molecular flexibility index (Phi) is 11.7. The fourth-order valence-electron chi connectivity index (χ4n) is 2.62. The van der Waals surface area contributed by atoms with E-state index >= 15 is 0 Å². The molecule has 3 heteroatoms. The molecular formula is C23H32O3. The van der Waals surface area contributed by atoms with Crippen LogP contribution in [0.25, 0.3) is 11.1 Å². The van der Waals surface area contributed by atoms with Crippen molar-refractivity contribution in [3.63, 3.8) is 0 Å². The van der Waals surface area contributed by atoms with Crippen molar-refractivity contribution in [3.05, 3.63) is 54.6 Å². The van der Waals surface area contributed by atoms with Crippen LogP contribution in [0.5, 0.6) is 5.75 Å². The molecule has 0 aromatic heterocycles.